The molecule has 2 aliphatic rings. The lowest BCUT2D eigenvalue weighted by Gasteiger charge is -2.45. The summed E-state index contributed by atoms with van der Waals surface area (Å²) < 4.78 is 0. The van der Waals surface area contributed by atoms with Crippen LogP contribution < -0.4 is 5.32 Å². The van der Waals surface area contributed by atoms with E-state index in [0.717, 1.165) is 6.54 Å². The number of likely N-dealkylation sites (N-methyl/N-ethyl adjacent to an activating group) is 1. The Morgan fingerprint density at radius 1 is 1.10 bits per heavy atom. The van der Waals surface area contributed by atoms with Gasteiger partial charge >= 0.3 is 0 Å². The van der Waals surface area contributed by atoms with E-state index in [1.54, 1.807) is 5.57 Å². The standard InChI is InChI=1S/C19H36N2/c1-4-16-20-18(17-12-8-6-5-7-9-13-17)19(21(2)3)14-10-11-15-19/h12,18,20H,4-11,13-16H2,1-3H3. The molecule has 1 fully saturated rings. The van der Waals surface area contributed by atoms with Gasteiger partial charge in [0.2, 0.25) is 0 Å². The van der Waals surface area contributed by atoms with E-state index in [2.05, 4.69) is 37.3 Å². The number of hydrogen-bond donors (Lipinski definition) is 1. The van der Waals surface area contributed by atoms with E-state index in [1.165, 1.54) is 70.6 Å². The van der Waals surface area contributed by atoms with Gasteiger partial charge in [-0.15, -0.1) is 0 Å². The number of nitrogens with one attached hydrogen (secondary N) is 1. The van der Waals surface area contributed by atoms with Crippen molar-refractivity contribution in [3.05, 3.63) is 11.6 Å². The molecule has 2 aliphatic carbocycles. The maximum absolute atomic E-state index is 3.94. The second kappa shape index (κ2) is 8.33. The van der Waals surface area contributed by atoms with Crippen molar-refractivity contribution >= 4 is 0 Å². The van der Waals surface area contributed by atoms with Gasteiger partial charge in [-0.3, -0.25) is 0 Å². The van der Waals surface area contributed by atoms with Gasteiger partial charge < -0.3 is 10.2 Å². The first-order chi connectivity index (χ1) is 10.2. The predicted molar refractivity (Wildman–Crippen MR) is 92.8 cm³/mol. The molecule has 1 atom stereocenters. The molecule has 0 radical (unpaired) electrons. The van der Waals surface area contributed by atoms with Crippen LogP contribution in [0.1, 0.15) is 77.6 Å². The van der Waals surface area contributed by atoms with Gasteiger partial charge in [0.15, 0.2) is 0 Å². The van der Waals surface area contributed by atoms with Crippen LogP contribution in [0.2, 0.25) is 0 Å². The molecule has 2 nitrogen and oxygen atoms in total. The summed E-state index contributed by atoms with van der Waals surface area (Å²) in [4.78, 5) is 2.53. The normalized spacial score (nSPS) is 24.5. The summed E-state index contributed by atoms with van der Waals surface area (Å²) in [6.07, 6.45) is 17.6. The minimum atomic E-state index is 0.361. The molecule has 1 saturated carbocycles. The monoisotopic (exact) mass is 292 g/mol. The first-order valence-corrected chi connectivity index (χ1v) is 9.30. The third kappa shape index (κ3) is 4.10. The summed E-state index contributed by atoms with van der Waals surface area (Å²) in [7, 11) is 4.60. The molecule has 0 amide bonds. The molecule has 1 N–H and O–H groups in total. The molecule has 0 aliphatic heterocycles. The van der Waals surface area contributed by atoms with Crippen LogP contribution in [0.25, 0.3) is 0 Å². The van der Waals surface area contributed by atoms with Gasteiger partial charge in [0.1, 0.15) is 0 Å². The fourth-order valence-corrected chi connectivity index (χ4v) is 4.41. The van der Waals surface area contributed by atoms with E-state index < -0.39 is 0 Å². The molecule has 21 heavy (non-hydrogen) atoms. The lowest BCUT2D eigenvalue weighted by molar-refractivity contribution is 0.118. The van der Waals surface area contributed by atoms with E-state index in [4.69, 9.17) is 0 Å². The highest BCUT2D eigenvalue weighted by Crippen LogP contribution is 2.40. The van der Waals surface area contributed by atoms with E-state index in [0.29, 0.717) is 11.6 Å². The lowest BCUT2D eigenvalue weighted by Crippen LogP contribution is -2.58. The van der Waals surface area contributed by atoms with Crippen molar-refractivity contribution in [3.8, 4) is 0 Å². The molecule has 0 spiro atoms. The van der Waals surface area contributed by atoms with Gasteiger partial charge in [0, 0.05) is 11.6 Å². The van der Waals surface area contributed by atoms with Crippen molar-refractivity contribution < 1.29 is 0 Å². The number of nitrogens with zero attached hydrogens (tertiary/aromatic N) is 1. The minimum absolute atomic E-state index is 0.361. The van der Waals surface area contributed by atoms with Crippen LogP contribution in [0.4, 0.5) is 0 Å². The van der Waals surface area contributed by atoms with Crippen LogP contribution in [-0.2, 0) is 0 Å². The van der Waals surface area contributed by atoms with Crippen molar-refractivity contribution in [2.45, 2.75) is 89.1 Å². The highest BCUT2D eigenvalue weighted by molar-refractivity contribution is 5.21. The van der Waals surface area contributed by atoms with Gasteiger partial charge in [-0.2, -0.15) is 0 Å². The second-order valence-corrected chi connectivity index (χ2v) is 7.32. The highest BCUT2D eigenvalue weighted by atomic mass is 15.2. The average molecular weight is 293 g/mol. The Labute approximate surface area is 132 Å². The zero-order valence-electron chi connectivity index (χ0n) is 14.6. The van der Waals surface area contributed by atoms with Crippen LogP contribution >= 0.6 is 0 Å². The Bertz CT molecular complexity index is 326. The van der Waals surface area contributed by atoms with E-state index in [1.807, 2.05) is 0 Å². The smallest absolute Gasteiger partial charge is 0.0466 e. The summed E-state index contributed by atoms with van der Waals surface area (Å²) in [6.45, 7) is 3.44. The maximum atomic E-state index is 3.94. The zero-order chi connectivity index (χ0) is 15.1. The Balaban J connectivity index is 2.22. The minimum Gasteiger partial charge on any atom is -0.309 e. The summed E-state index contributed by atoms with van der Waals surface area (Å²) in [6, 6.07) is 0.577. The summed E-state index contributed by atoms with van der Waals surface area (Å²) in [5.74, 6) is 0. The summed E-state index contributed by atoms with van der Waals surface area (Å²) in [5, 5.41) is 3.94. The van der Waals surface area contributed by atoms with Gasteiger partial charge in [-0.1, -0.05) is 44.3 Å². The molecule has 0 heterocycles. The average Bonchev–Trinajstić information content (AvgIpc) is 2.91. The second-order valence-electron chi connectivity index (χ2n) is 7.32. The molecule has 1 unspecified atom stereocenters. The highest BCUT2D eigenvalue weighted by Gasteiger charge is 2.44. The van der Waals surface area contributed by atoms with Crippen molar-refractivity contribution in [2.75, 3.05) is 20.6 Å². The van der Waals surface area contributed by atoms with Crippen molar-refractivity contribution in [2.24, 2.45) is 0 Å². The number of allylic oxidation sites excluding steroid dienone is 1. The fourth-order valence-electron chi connectivity index (χ4n) is 4.41. The number of hydrogen-bond acceptors (Lipinski definition) is 2. The predicted octanol–water partition coefficient (Wildman–Crippen LogP) is 4.51. The first-order valence-electron chi connectivity index (χ1n) is 9.30. The van der Waals surface area contributed by atoms with Crippen LogP contribution in [0.15, 0.2) is 11.6 Å². The van der Waals surface area contributed by atoms with E-state index in [9.17, 15) is 0 Å². The molecular formula is C19H36N2. The quantitative estimate of drug-likeness (QED) is 0.725. The Morgan fingerprint density at radius 2 is 1.81 bits per heavy atom. The summed E-state index contributed by atoms with van der Waals surface area (Å²) in [5.41, 5.74) is 2.08. The molecule has 0 saturated heterocycles. The van der Waals surface area contributed by atoms with E-state index in [-0.39, 0.29) is 0 Å². The van der Waals surface area contributed by atoms with Crippen molar-refractivity contribution in [3.63, 3.8) is 0 Å². The van der Waals surface area contributed by atoms with Gasteiger partial charge in [0.05, 0.1) is 0 Å². The molecule has 2 rings (SSSR count). The van der Waals surface area contributed by atoms with Gasteiger partial charge in [-0.05, 0) is 65.6 Å². The van der Waals surface area contributed by atoms with Crippen LogP contribution in [0.3, 0.4) is 0 Å². The molecule has 0 aromatic heterocycles. The summed E-state index contributed by atoms with van der Waals surface area (Å²) >= 11 is 0. The van der Waals surface area contributed by atoms with Crippen molar-refractivity contribution in [1.29, 1.82) is 0 Å². The molecule has 0 aromatic carbocycles. The molecule has 0 aromatic rings. The first kappa shape index (κ1) is 17.0. The molecule has 0 bridgehead atoms. The van der Waals surface area contributed by atoms with E-state index >= 15 is 0 Å². The van der Waals surface area contributed by atoms with Crippen LogP contribution in [0, 0.1) is 0 Å². The maximum Gasteiger partial charge on any atom is 0.0466 e. The Morgan fingerprint density at radius 3 is 2.48 bits per heavy atom. The molecule has 122 valence electrons. The van der Waals surface area contributed by atoms with Crippen LogP contribution in [0.5, 0.6) is 0 Å². The lowest BCUT2D eigenvalue weighted by atomic mass is 9.79. The van der Waals surface area contributed by atoms with Crippen molar-refractivity contribution in [1.82, 2.24) is 10.2 Å². The third-order valence-electron chi connectivity index (χ3n) is 5.69. The topological polar surface area (TPSA) is 15.3 Å². The SMILES string of the molecule is CCCNC(C1=CCCCCCC1)C1(N(C)C)CCCC1. The van der Waals surface area contributed by atoms with Crippen LogP contribution in [-0.4, -0.2) is 37.1 Å². The largest absolute Gasteiger partial charge is 0.309 e. The van der Waals surface area contributed by atoms with Gasteiger partial charge in [-0.25, -0.2) is 0 Å². The Hall–Kier alpha value is -0.340. The molecular weight excluding hydrogens is 256 g/mol. The zero-order valence-corrected chi connectivity index (χ0v) is 14.6. The van der Waals surface area contributed by atoms with Gasteiger partial charge in [0.25, 0.3) is 0 Å². The number of rotatable bonds is 6. The fraction of sp³-hybridized carbons (Fsp3) is 0.895. The Kier molecular flexibility index (Phi) is 6.75. The third-order valence-corrected chi connectivity index (χ3v) is 5.69. The molecule has 2 heteroatoms.